The number of benzene rings is 2. The number of pyridine rings is 1. The Labute approximate surface area is 157 Å². The van der Waals surface area contributed by atoms with E-state index in [1.54, 1.807) is 13.3 Å². The van der Waals surface area contributed by atoms with Crippen LogP contribution < -0.4 is 10.2 Å². The maximum absolute atomic E-state index is 12.6. The Kier molecular flexibility index (Phi) is 5.05. The number of fused-ring (bicyclic) bond motifs is 1. The second-order valence-electron chi connectivity index (χ2n) is 6.41. The van der Waals surface area contributed by atoms with E-state index in [1.807, 2.05) is 65.2 Å². The molecule has 0 radical (unpaired) electrons. The van der Waals surface area contributed by atoms with E-state index in [9.17, 15) is 4.79 Å². The monoisotopic (exact) mass is 363 g/mol. The Morgan fingerprint density at radius 1 is 1.04 bits per heavy atom. The van der Waals surface area contributed by atoms with Gasteiger partial charge in [-0.05, 0) is 11.1 Å². The molecule has 1 aliphatic rings. The summed E-state index contributed by atoms with van der Waals surface area (Å²) in [4.78, 5) is 12.6. The molecular weight excluding hydrogens is 342 g/mol. The molecule has 1 aromatic heterocycles. The number of aromatic nitrogens is 1. The van der Waals surface area contributed by atoms with E-state index in [1.165, 1.54) is 6.07 Å². The molecular formula is C22H21NO4. The summed E-state index contributed by atoms with van der Waals surface area (Å²) in [7, 11) is 1.62. The van der Waals surface area contributed by atoms with Gasteiger partial charge in [-0.15, -0.1) is 0 Å². The van der Waals surface area contributed by atoms with Crippen molar-refractivity contribution in [3.63, 3.8) is 0 Å². The Bertz CT molecular complexity index is 953. The molecule has 2 heterocycles. The minimum atomic E-state index is -0.440. The summed E-state index contributed by atoms with van der Waals surface area (Å²) in [5.74, 6) is 0.324. The first kappa shape index (κ1) is 17.5. The van der Waals surface area contributed by atoms with Crippen molar-refractivity contribution in [3.05, 3.63) is 100.0 Å². The molecule has 5 heteroatoms. The molecule has 2 unspecified atom stereocenters. The zero-order valence-electron chi connectivity index (χ0n) is 15.1. The van der Waals surface area contributed by atoms with Gasteiger partial charge < -0.3 is 18.8 Å². The minimum Gasteiger partial charge on any atom is -0.483 e. The third-order valence-corrected chi connectivity index (χ3v) is 4.64. The lowest BCUT2D eigenvalue weighted by Gasteiger charge is -2.34. The van der Waals surface area contributed by atoms with E-state index in [2.05, 4.69) is 0 Å². The van der Waals surface area contributed by atoms with Gasteiger partial charge in [-0.2, -0.15) is 0 Å². The molecule has 1 aliphatic heterocycles. The number of hydrogen-bond donors (Lipinski definition) is 0. The van der Waals surface area contributed by atoms with Gasteiger partial charge in [0.25, 0.3) is 0 Å². The molecule has 2 atom stereocenters. The summed E-state index contributed by atoms with van der Waals surface area (Å²) < 4.78 is 19.5. The maximum atomic E-state index is 12.6. The quantitative estimate of drug-likeness (QED) is 0.696. The maximum Gasteiger partial charge on any atom is 0.223 e. The topological polar surface area (TPSA) is 49.7 Å². The van der Waals surface area contributed by atoms with E-state index >= 15 is 0 Å². The highest BCUT2D eigenvalue weighted by atomic mass is 16.7. The van der Waals surface area contributed by atoms with Crippen LogP contribution in [0.5, 0.6) is 5.75 Å². The van der Waals surface area contributed by atoms with E-state index in [4.69, 9.17) is 14.2 Å². The zero-order valence-corrected chi connectivity index (χ0v) is 15.1. The minimum absolute atomic E-state index is 0.155. The molecule has 0 aliphatic carbocycles. The van der Waals surface area contributed by atoms with Crippen LogP contribution in [0.25, 0.3) is 0 Å². The molecule has 0 N–H and O–H groups in total. The largest absolute Gasteiger partial charge is 0.483 e. The predicted molar refractivity (Wildman–Crippen MR) is 102 cm³/mol. The van der Waals surface area contributed by atoms with Gasteiger partial charge in [0.1, 0.15) is 12.7 Å². The molecule has 138 valence electrons. The van der Waals surface area contributed by atoms with Crippen molar-refractivity contribution >= 4 is 0 Å². The fourth-order valence-corrected chi connectivity index (χ4v) is 3.29. The summed E-state index contributed by atoms with van der Waals surface area (Å²) >= 11 is 0. The van der Waals surface area contributed by atoms with Crippen molar-refractivity contribution in [1.29, 1.82) is 0 Å². The molecule has 4 rings (SSSR count). The number of ether oxygens (including phenoxy) is 3. The van der Waals surface area contributed by atoms with Crippen LogP contribution in [0.1, 0.15) is 22.9 Å². The molecule has 0 fully saturated rings. The van der Waals surface area contributed by atoms with Crippen LogP contribution >= 0.6 is 0 Å². The predicted octanol–water partition coefficient (Wildman–Crippen LogP) is 3.52. The van der Waals surface area contributed by atoms with Crippen LogP contribution in [0.15, 0.2) is 77.7 Å². The molecule has 3 aromatic rings. The van der Waals surface area contributed by atoms with Gasteiger partial charge in [0.05, 0.1) is 12.2 Å². The van der Waals surface area contributed by atoms with Crippen LogP contribution in [-0.2, 0) is 22.6 Å². The van der Waals surface area contributed by atoms with Gasteiger partial charge in [-0.25, -0.2) is 0 Å². The van der Waals surface area contributed by atoms with Crippen molar-refractivity contribution in [2.75, 3.05) is 7.11 Å². The second-order valence-corrected chi connectivity index (χ2v) is 6.41. The van der Waals surface area contributed by atoms with E-state index in [-0.39, 0.29) is 5.43 Å². The highest BCUT2D eigenvalue weighted by Gasteiger charge is 2.32. The van der Waals surface area contributed by atoms with Crippen molar-refractivity contribution in [1.82, 2.24) is 4.57 Å². The van der Waals surface area contributed by atoms with Crippen molar-refractivity contribution in [2.45, 2.75) is 25.5 Å². The second kappa shape index (κ2) is 7.78. The van der Waals surface area contributed by atoms with Crippen LogP contribution in [-0.4, -0.2) is 18.0 Å². The van der Waals surface area contributed by atoms with Gasteiger partial charge in [-0.3, -0.25) is 4.79 Å². The van der Waals surface area contributed by atoms with Crippen LogP contribution in [0.4, 0.5) is 0 Å². The van der Waals surface area contributed by atoms with Crippen molar-refractivity contribution in [3.8, 4) is 5.75 Å². The highest BCUT2D eigenvalue weighted by molar-refractivity contribution is 5.37. The van der Waals surface area contributed by atoms with Crippen LogP contribution in [0.2, 0.25) is 0 Å². The van der Waals surface area contributed by atoms with Crippen LogP contribution in [0, 0.1) is 0 Å². The summed E-state index contributed by atoms with van der Waals surface area (Å²) in [6, 6.07) is 21.1. The Morgan fingerprint density at radius 2 is 1.74 bits per heavy atom. The molecule has 0 spiro atoms. The Hall–Kier alpha value is -2.89. The lowest BCUT2D eigenvalue weighted by atomic mass is 10.0. The van der Waals surface area contributed by atoms with Crippen molar-refractivity contribution in [2.24, 2.45) is 0 Å². The number of methoxy groups -OCH3 is 1. The average Bonchev–Trinajstić information content (AvgIpc) is 2.73. The Balaban J connectivity index is 1.76. The summed E-state index contributed by atoms with van der Waals surface area (Å²) in [6.07, 6.45) is 0.939. The zero-order chi connectivity index (χ0) is 18.6. The lowest BCUT2D eigenvalue weighted by molar-refractivity contribution is -0.170. The fourth-order valence-electron chi connectivity index (χ4n) is 3.29. The number of nitrogens with zero attached hydrogens (tertiary/aromatic N) is 1. The third-order valence-electron chi connectivity index (χ3n) is 4.64. The summed E-state index contributed by atoms with van der Waals surface area (Å²) in [6.45, 7) is 0.819. The molecule has 5 nitrogen and oxygen atoms in total. The third kappa shape index (κ3) is 3.65. The summed E-state index contributed by atoms with van der Waals surface area (Å²) in [5.41, 5.74) is 2.51. The van der Waals surface area contributed by atoms with Gasteiger partial charge in [0, 0.05) is 19.4 Å². The van der Waals surface area contributed by atoms with Crippen LogP contribution in [0.3, 0.4) is 0 Å². The SMILES string of the molecule is COC1Cn2ccc(=O)c(OCc3ccccc3)c2C(c2ccccc2)O1. The first-order valence-electron chi connectivity index (χ1n) is 8.89. The number of hydrogen-bond acceptors (Lipinski definition) is 4. The van der Waals surface area contributed by atoms with Gasteiger partial charge in [0.2, 0.25) is 5.43 Å². The lowest BCUT2D eigenvalue weighted by Crippen LogP contribution is -2.34. The fraction of sp³-hybridized carbons (Fsp3) is 0.227. The molecule has 0 saturated carbocycles. The van der Waals surface area contributed by atoms with Gasteiger partial charge in [0.15, 0.2) is 12.0 Å². The van der Waals surface area contributed by atoms with E-state index in [0.717, 1.165) is 16.8 Å². The highest BCUT2D eigenvalue weighted by Crippen LogP contribution is 2.36. The number of rotatable bonds is 5. The van der Waals surface area contributed by atoms with Gasteiger partial charge in [-0.1, -0.05) is 60.7 Å². The standard InChI is InChI=1S/C22H21NO4/c1-25-19-14-23-13-12-18(24)22(26-15-16-8-4-2-5-9-16)20(23)21(27-19)17-10-6-3-7-11-17/h2-13,19,21H,14-15H2,1H3. The molecule has 0 bridgehead atoms. The Morgan fingerprint density at radius 3 is 2.44 bits per heavy atom. The molecule has 2 aromatic carbocycles. The van der Waals surface area contributed by atoms with Crippen molar-refractivity contribution < 1.29 is 14.2 Å². The average molecular weight is 363 g/mol. The summed E-state index contributed by atoms with van der Waals surface area (Å²) in [5, 5.41) is 0. The smallest absolute Gasteiger partial charge is 0.223 e. The van der Waals surface area contributed by atoms with E-state index < -0.39 is 12.4 Å². The molecule has 27 heavy (non-hydrogen) atoms. The molecule has 0 saturated heterocycles. The molecule has 0 amide bonds. The first-order valence-corrected chi connectivity index (χ1v) is 8.89. The first-order chi connectivity index (χ1) is 13.3. The van der Waals surface area contributed by atoms with Gasteiger partial charge >= 0.3 is 0 Å². The normalized spacial score (nSPS) is 18.7. The van der Waals surface area contributed by atoms with E-state index in [0.29, 0.717) is 18.9 Å².